The van der Waals surface area contributed by atoms with E-state index in [4.69, 9.17) is 9.47 Å². The molecule has 3 aromatic carbocycles. The summed E-state index contributed by atoms with van der Waals surface area (Å²) in [6, 6.07) is 16.7. The molecule has 3 heteroatoms. The quantitative estimate of drug-likeness (QED) is 0.443. The molecule has 0 amide bonds. The van der Waals surface area contributed by atoms with Crippen molar-refractivity contribution in [3.05, 3.63) is 84.7 Å². The van der Waals surface area contributed by atoms with Gasteiger partial charge in [0.2, 0.25) is 0 Å². The zero-order valence-corrected chi connectivity index (χ0v) is 15.6. The van der Waals surface area contributed by atoms with Gasteiger partial charge in [-0.05, 0) is 55.1 Å². The lowest BCUT2D eigenvalue weighted by Gasteiger charge is -2.10. The third-order valence-corrected chi connectivity index (χ3v) is 4.25. The van der Waals surface area contributed by atoms with Gasteiger partial charge >= 0.3 is 0 Å². The van der Waals surface area contributed by atoms with Crippen molar-refractivity contribution in [2.75, 3.05) is 13.2 Å². The second kappa shape index (κ2) is 9.04. The van der Waals surface area contributed by atoms with E-state index in [9.17, 15) is 0 Å². The molecule has 3 rings (SSSR count). The molecule has 0 aromatic heterocycles. The molecular weight excluding hydrogens is 339 g/mol. The number of allylic oxidation sites excluding steroid dienone is 2. The fraction of sp³-hybridized carbons (Fsp3) is 0.167. The van der Waals surface area contributed by atoms with Crippen molar-refractivity contribution in [1.29, 1.82) is 0 Å². The maximum atomic E-state index is 15.0. The van der Waals surface area contributed by atoms with Crippen molar-refractivity contribution in [1.82, 2.24) is 0 Å². The van der Waals surface area contributed by atoms with Gasteiger partial charge in [-0.2, -0.15) is 0 Å². The van der Waals surface area contributed by atoms with Gasteiger partial charge in [0.1, 0.15) is 30.5 Å². The Morgan fingerprint density at radius 2 is 1.41 bits per heavy atom. The van der Waals surface area contributed by atoms with Crippen molar-refractivity contribution in [2.24, 2.45) is 0 Å². The van der Waals surface area contributed by atoms with Crippen LogP contribution in [-0.2, 0) is 0 Å². The first kappa shape index (κ1) is 18.7. The van der Waals surface area contributed by atoms with Gasteiger partial charge in [0.05, 0.1) is 0 Å². The molecule has 0 unspecified atom stereocenters. The molecule has 0 spiro atoms. The van der Waals surface area contributed by atoms with Crippen molar-refractivity contribution < 1.29 is 13.9 Å². The van der Waals surface area contributed by atoms with Gasteiger partial charge in [-0.1, -0.05) is 48.6 Å². The number of hydrogen-bond acceptors (Lipinski definition) is 2. The van der Waals surface area contributed by atoms with E-state index in [0.29, 0.717) is 24.2 Å². The van der Waals surface area contributed by atoms with Crippen LogP contribution in [0.2, 0.25) is 0 Å². The Bertz CT molecular complexity index is 956. The van der Waals surface area contributed by atoms with Crippen LogP contribution in [0.3, 0.4) is 0 Å². The van der Waals surface area contributed by atoms with E-state index < -0.39 is 0 Å². The highest BCUT2D eigenvalue weighted by Gasteiger charge is 2.10. The van der Waals surface area contributed by atoms with Gasteiger partial charge in [0.15, 0.2) is 0 Å². The Hall–Kier alpha value is -3.07. The number of fused-ring (bicyclic) bond motifs is 1. The second-order valence-electron chi connectivity index (χ2n) is 6.09. The summed E-state index contributed by atoms with van der Waals surface area (Å²) in [5.74, 6) is 1.27. The smallest absolute Gasteiger partial charge is 0.138 e. The summed E-state index contributed by atoms with van der Waals surface area (Å²) in [6.45, 7) is 4.93. The molecule has 0 heterocycles. The van der Waals surface area contributed by atoms with E-state index in [-0.39, 0.29) is 5.82 Å². The first-order chi connectivity index (χ1) is 13.2. The minimum atomic E-state index is -0.227. The molecule has 0 saturated heterocycles. The summed E-state index contributed by atoms with van der Waals surface area (Å²) in [4.78, 5) is 0. The monoisotopic (exact) mass is 362 g/mol. The molecule has 0 atom stereocenters. The Labute approximate surface area is 159 Å². The average molecular weight is 362 g/mol. The van der Waals surface area contributed by atoms with E-state index in [1.165, 1.54) is 0 Å². The second-order valence-corrected chi connectivity index (χ2v) is 6.09. The lowest BCUT2D eigenvalue weighted by atomic mass is 10.00. The molecule has 0 aliphatic carbocycles. The van der Waals surface area contributed by atoms with Gasteiger partial charge < -0.3 is 9.47 Å². The van der Waals surface area contributed by atoms with Crippen molar-refractivity contribution in [3.8, 4) is 22.6 Å². The minimum absolute atomic E-state index is 0.227. The summed E-state index contributed by atoms with van der Waals surface area (Å²) in [5.41, 5.74) is 1.39. The third kappa shape index (κ3) is 4.56. The highest BCUT2D eigenvalue weighted by atomic mass is 19.1. The van der Waals surface area contributed by atoms with Crippen molar-refractivity contribution in [3.63, 3.8) is 0 Å². The van der Waals surface area contributed by atoms with Crippen LogP contribution in [-0.4, -0.2) is 13.2 Å². The fourth-order valence-electron chi connectivity index (χ4n) is 2.79. The molecule has 0 aliphatic heterocycles. The first-order valence-electron chi connectivity index (χ1n) is 9.03. The summed E-state index contributed by atoms with van der Waals surface area (Å²) >= 11 is 0. The van der Waals surface area contributed by atoms with Gasteiger partial charge in [-0.3, -0.25) is 0 Å². The number of halogens is 1. The Kier molecular flexibility index (Phi) is 6.26. The van der Waals surface area contributed by atoms with E-state index in [1.54, 1.807) is 12.1 Å². The van der Waals surface area contributed by atoms with E-state index in [2.05, 4.69) is 0 Å². The molecule has 0 bridgehead atoms. The Morgan fingerprint density at radius 1 is 0.778 bits per heavy atom. The summed E-state index contributed by atoms with van der Waals surface area (Å²) in [7, 11) is 0. The van der Waals surface area contributed by atoms with Gasteiger partial charge in [0, 0.05) is 10.9 Å². The van der Waals surface area contributed by atoms with Crippen LogP contribution in [0.25, 0.3) is 21.9 Å². The van der Waals surface area contributed by atoms with Gasteiger partial charge in [-0.25, -0.2) is 4.39 Å². The standard InChI is InChI=1S/C24H23FO2/c1-3-5-15-26-20-10-7-18(8-11-20)22-13-9-19-17-21(27-16-6-4-2)12-14-23(19)24(22)25/h3-14,17H,15-16H2,1-2H3. The van der Waals surface area contributed by atoms with E-state index in [0.717, 1.165) is 22.4 Å². The third-order valence-electron chi connectivity index (χ3n) is 4.25. The molecule has 2 nitrogen and oxygen atoms in total. The predicted octanol–water partition coefficient (Wildman–Crippen LogP) is 6.56. The predicted molar refractivity (Wildman–Crippen MR) is 110 cm³/mol. The summed E-state index contributed by atoms with van der Waals surface area (Å²) in [6.07, 6.45) is 7.74. The molecular formula is C24H23FO2. The summed E-state index contributed by atoms with van der Waals surface area (Å²) < 4.78 is 26.3. The molecule has 0 fully saturated rings. The molecule has 0 saturated carbocycles. The normalized spacial score (nSPS) is 11.5. The van der Waals surface area contributed by atoms with Crippen molar-refractivity contribution >= 4 is 10.8 Å². The maximum absolute atomic E-state index is 15.0. The molecule has 0 N–H and O–H groups in total. The highest BCUT2D eigenvalue weighted by molar-refractivity contribution is 5.89. The summed E-state index contributed by atoms with van der Waals surface area (Å²) in [5, 5.41) is 1.40. The van der Waals surface area contributed by atoms with Crippen LogP contribution in [0.4, 0.5) is 4.39 Å². The van der Waals surface area contributed by atoms with Crippen LogP contribution in [0.15, 0.2) is 78.9 Å². The number of ether oxygens (including phenoxy) is 2. The zero-order chi connectivity index (χ0) is 19.1. The van der Waals surface area contributed by atoms with Crippen LogP contribution >= 0.6 is 0 Å². The SMILES string of the molecule is CC=CCOc1ccc(-c2ccc3cc(OCC=CC)ccc3c2F)cc1. The van der Waals surface area contributed by atoms with E-state index in [1.807, 2.05) is 80.6 Å². The largest absolute Gasteiger partial charge is 0.490 e. The molecule has 138 valence electrons. The van der Waals surface area contributed by atoms with Crippen LogP contribution < -0.4 is 9.47 Å². The zero-order valence-electron chi connectivity index (χ0n) is 15.6. The number of benzene rings is 3. The lowest BCUT2D eigenvalue weighted by molar-refractivity contribution is 0.362. The maximum Gasteiger partial charge on any atom is 0.138 e. The molecule has 0 aliphatic rings. The van der Waals surface area contributed by atoms with Crippen LogP contribution in [0.5, 0.6) is 11.5 Å². The first-order valence-corrected chi connectivity index (χ1v) is 9.03. The fourth-order valence-corrected chi connectivity index (χ4v) is 2.79. The molecule has 0 radical (unpaired) electrons. The van der Waals surface area contributed by atoms with Gasteiger partial charge in [0.25, 0.3) is 0 Å². The molecule has 27 heavy (non-hydrogen) atoms. The van der Waals surface area contributed by atoms with Crippen LogP contribution in [0.1, 0.15) is 13.8 Å². The van der Waals surface area contributed by atoms with Gasteiger partial charge in [-0.15, -0.1) is 0 Å². The lowest BCUT2D eigenvalue weighted by Crippen LogP contribution is -1.94. The topological polar surface area (TPSA) is 18.5 Å². The minimum Gasteiger partial charge on any atom is -0.490 e. The number of rotatable bonds is 7. The molecule has 3 aromatic rings. The van der Waals surface area contributed by atoms with Crippen molar-refractivity contribution in [2.45, 2.75) is 13.8 Å². The Morgan fingerprint density at radius 3 is 2.07 bits per heavy atom. The van der Waals surface area contributed by atoms with Crippen LogP contribution in [0, 0.1) is 5.82 Å². The highest BCUT2D eigenvalue weighted by Crippen LogP contribution is 2.31. The van der Waals surface area contributed by atoms with E-state index >= 15 is 4.39 Å². The average Bonchev–Trinajstić information content (AvgIpc) is 2.69. The Balaban J connectivity index is 1.84. The number of hydrogen-bond donors (Lipinski definition) is 0.